The standard InChI is InChI=1S/C37H30BNOSi/c1-41(26-12-3-2-4-13-26)35-20-10-7-16-29(35)38-30-24-25(22-23-33(30)40-34-19-11-21-36(41)37(34)38)39-31-17-8-5-14-27(31)28-15-6-9-18-32(28)39/h2-5,7-8,10-14,16-17,19-24H,6,9,15,18H2,1H3. The first-order valence-electron chi connectivity index (χ1n) is 14.9. The SMILES string of the molecule is C[Si]1(c2ccccc2)c2ccccc2B2c3cc(-n4c5c(c6ccccc64)CCCC5)ccc3Oc3cccc1c32. The van der Waals surface area contributed by atoms with Crippen LogP contribution in [0.1, 0.15) is 24.1 Å². The molecule has 2 nitrogen and oxygen atoms in total. The lowest BCUT2D eigenvalue weighted by molar-refractivity contribution is 0.487. The first kappa shape index (κ1) is 23.4. The molecule has 0 spiro atoms. The van der Waals surface area contributed by atoms with E-state index in [1.807, 2.05) is 0 Å². The Balaban J connectivity index is 1.31. The summed E-state index contributed by atoms with van der Waals surface area (Å²) < 4.78 is 9.30. The first-order valence-corrected chi connectivity index (χ1v) is 17.4. The van der Waals surface area contributed by atoms with Gasteiger partial charge in [-0.1, -0.05) is 107 Å². The molecule has 0 radical (unpaired) electrons. The molecule has 0 N–H and O–H groups in total. The Hall–Kier alpha value is -4.28. The van der Waals surface area contributed by atoms with Crippen molar-refractivity contribution in [1.29, 1.82) is 0 Å². The molecule has 1 aliphatic carbocycles. The van der Waals surface area contributed by atoms with E-state index in [9.17, 15) is 0 Å². The van der Waals surface area contributed by atoms with Gasteiger partial charge < -0.3 is 9.30 Å². The fourth-order valence-electron chi connectivity index (χ4n) is 8.18. The average molecular weight is 544 g/mol. The van der Waals surface area contributed by atoms with Crippen molar-refractivity contribution in [2.45, 2.75) is 32.2 Å². The van der Waals surface area contributed by atoms with Crippen molar-refractivity contribution in [2.75, 3.05) is 0 Å². The van der Waals surface area contributed by atoms with Crippen LogP contribution in [0.15, 0.2) is 115 Å². The van der Waals surface area contributed by atoms with Gasteiger partial charge in [-0.05, 0) is 77.7 Å². The second-order valence-corrected chi connectivity index (χ2v) is 15.9. The van der Waals surface area contributed by atoms with Crippen molar-refractivity contribution >= 4 is 57.6 Å². The minimum absolute atomic E-state index is 0.156. The quantitative estimate of drug-likeness (QED) is 0.292. The van der Waals surface area contributed by atoms with E-state index in [0.717, 1.165) is 17.9 Å². The molecule has 1 unspecified atom stereocenters. The fraction of sp³-hybridized carbons (Fsp3) is 0.135. The molecule has 1 atom stereocenters. The zero-order valence-electron chi connectivity index (χ0n) is 23.2. The number of nitrogens with zero attached hydrogens (tertiary/aromatic N) is 1. The number of aromatic nitrogens is 1. The van der Waals surface area contributed by atoms with Gasteiger partial charge in [0.05, 0.1) is 5.52 Å². The van der Waals surface area contributed by atoms with Gasteiger partial charge in [-0.3, -0.25) is 0 Å². The first-order chi connectivity index (χ1) is 20.2. The number of para-hydroxylation sites is 1. The van der Waals surface area contributed by atoms with Crippen LogP contribution in [0.5, 0.6) is 11.5 Å². The molecule has 196 valence electrons. The molecular formula is C37H30BNOSi. The zero-order valence-corrected chi connectivity index (χ0v) is 24.2. The molecule has 0 saturated heterocycles. The van der Waals surface area contributed by atoms with Crippen molar-refractivity contribution in [1.82, 2.24) is 4.57 Å². The summed E-state index contributed by atoms with van der Waals surface area (Å²) in [6.07, 6.45) is 4.85. The number of fused-ring (bicyclic) bond motifs is 7. The van der Waals surface area contributed by atoms with E-state index in [0.29, 0.717) is 0 Å². The van der Waals surface area contributed by atoms with Gasteiger partial charge in [0.2, 0.25) is 0 Å². The summed E-state index contributed by atoms with van der Waals surface area (Å²) in [5.41, 5.74) is 9.69. The molecule has 4 heteroatoms. The summed E-state index contributed by atoms with van der Waals surface area (Å²) in [4.78, 5) is 0. The Bertz CT molecular complexity index is 2010. The number of hydrogen-bond acceptors (Lipinski definition) is 1. The fourth-order valence-corrected chi connectivity index (χ4v) is 12.4. The van der Waals surface area contributed by atoms with Crippen molar-refractivity contribution in [3.8, 4) is 17.2 Å². The molecule has 5 aromatic carbocycles. The zero-order chi connectivity index (χ0) is 27.1. The summed E-state index contributed by atoms with van der Waals surface area (Å²) in [6.45, 7) is 2.68. The van der Waals surface area contributed by atoms with Crippen molar-refractivity contribution in [3.63, 3.8) is 0 Å². The Morgan fingerprint density at radius 3 is 2.39 bits per heavy atom. The van der Waals surface area contributed by atoms with Crippen molar-refractivity contribution < 1.29 is 4.74 Å². The van der Waals surface area contributed by atoms with Gasteiger partial charge in [0.1, 0.15) is 19.6 Å². The highest BCUT2D eigenvalue weighted by atomic mass is 28.3. The summed E-state index contributed by atoms with van der Waals surface area (Å²) in [5.74, 6) is 1.99. The maximum Gasteiger partial charge on any atom is 0.250 e. The summed E-state index contributed by atoms with van der Waals surface area (Å²) in [5, 5.41) is 5.85. The molecule has 9 rings (SSSR count). The third kappa shape index (κ3) is 3.14. The second kappa shape index (κ2) is 8.61. The van der Waals surface area contributed by atoms with Gasteiger partial charge in [0.25, 0.3) is 6.71 Å². The third-order valence-corrected chi connectivity index (χ3v) is 14.6. The molecule has 41 heavy (non-hydrogen) atoms. The van der Waals surface area contributed by atoms with Crippen LogP contribution in [-0.2, 0) is 12.8 Å². The Morgan fingerprint density at radius 2 is 1.46 bits per heavy atom. The molecule has 2 aliphatic heterocycles. The lowest BCUT2D eigenvalue weighted by Gasteiger charge is -2.42. The minimum Gasteiger partial charge on any atom is -0.458 e. The van der Waals surface area contributed by atoms with E-state index in [1.165, 1.54) is 73.5 Å². The van der Waals surface area contributed by atoms with Gasteiger partial charge >= 0.3 is 0 Å². The lowest BCUT2D eigenvalue weighted by atomic mass is 9.35. The van der Waals surface area contributed by atoms with Crippen LogP contribution in [0, 0.1) is 0 Å². The number of benzene rings is 5. The number of hydrogen-bond donors (Lipinski definition) is 0. The molecule has 3 aliphatic rings. The topological polar surface area (TPSA) is 14.2 Å². The van der Waals surface area contributed by atoms with Gasteiger partial charge in [-0.15, -0.1) is 0 Å². The van der Waals surface area contributed by atoms with Crippen LogP contribution in [0.25, 0.3) is 16.6 Å². The van der Waals surface area contributed by atoms with Crippen molar-refractivity contribution in [2.24, 2.45) is 0 Å². The summed E-state index contributed by atoms with van der Waals surface area (Å²) in [6, 6.07) is 43.1. The van der Waals surface area contributed by atoms with Crippen LogP contribution in [-0.4, -0.2) is 19.4 Å². The molecule has 1 aromatic heterocycles. The third-order valence-electron chi connectivity index (χ3n) is 10.0. The predicted molar refractivity (Wildman–Crippen MR) is 174 cm³/mol. The molecule has 0 saturated carbocycles. The van der Waals surface area contributed by atoms with E-state index in [4.69, 9.17) is 4.74 Å². The Morgan fingerprint density at radius 1 is 0.683 bits per heavy atom. The molecule has 3 heterocycles. The van der Waals surface area contributed by atoms with Gasteiger partial charge in [-0.2, -0.15) is 0 Å². The highest BCUT2D eigenvalue weighted by molar-refractivity contribution is 7.20. The summed E-state index contributed by atoms with van der Waals surface area (Å²) >= 11 is 0. The van der Waals surface area contributed by atoms with Crippen LogP contribution in [0.4, 0.5) is 0 Å². The Kier molecular flexibility index (Phi) is 4.92. The molecule has 0 bridgehead atoms. The van der Waals surface area contributed by atoms with Gasteiger partial charge in [0, 0.05) is 16.8 Å². The lowest BCUT2D eigenvalue weighted by Crippen LogP contribution is -2.81. The highest BCUT2D eigenvalue weighted by Crippen LogP contribution is 2.35. The number of ether oxygens (including phenoxy) is 1. The normalized spacial score (nSPS) is 18.2. The molecular weight excluding hydrogens is 513 g/mol. The molecule has 0 amide bonds. The van der Waals surface area contributed by atoms with E-state index >= 15 is 0 Å². The van der Waals surface area contributed by atoms with Crippen LogP contribution >= 0.6 is 0 Å². The number of rotatable bonds is 2. The van der Waals surface area contributed by atoms with E-state index in [1.54, 1.807) is 5.56 Å². The average Bonchev–Trinajstić information content (AvgIpc) is 3.37. The highest BCUT2D eigenvalue weighted by Gasteiger charge is 2.48. The maximum absolute atomic E-state index is 6.75. The molecule has 6 aromatic rings. The van der Waals surface area contributed by atoms with E-state index < -0.39 is 8.07 Å². The smallest absolute Gasteiger partial charge is 0.250 e. The van der Waals surface area contributed by atoms with Gasteiger partial charge in [0.15, 0.2) is 0 Å². The van der Waals surface area contributed by atoms with Crippen LogP contribution in [0.3, 0.4) is 0 Å². The van der Waals surface area contributed by atoms with Crippen molar-refractivity contribution in [3.05, 3.63) is 127 Å². The number of aryl methyl sites for hydroxylation is 1. The molecule has 0 fully saturated rings. The van der Waals surface area contributed by atoms with E-state index in [-0.39, 0.29) is 6.71 Å². The van der Waals surface area contributed by atoms with Crippen LogP contribution < -0.4 is 36.7 Å². The van der Waals surface area contributed by atoms with Crippen LogP contribution in [0.2, 0.25) is 6.55 Å². The van der Waals surface area contributed by atoms with Gasteiger partial charge in [-0.25, -0.2) is 0 Å². The summed E-state index contributed by atoms with van der Waals surface area (Å²) in [7, 11) is -2.24. The monoisotopic (exact) mass is 543 g/mol. The Labute approximate surface area is 242 Å². The van der Waals surface area contributed by atoms with E-state index in [2.05, 4.69) is 126 Å². The predicted octanol–water partition coefficient (Wildman–Crippen LogP) is 4.54. The maximum atomic E-state index is 6.75. The minimum atomic E-state index is -2.24. The largest absolute Gasteiger partial charge is 0.458 e. The second-order valence-electron chi connectivity index (χ2n) is 12.0.